The zero-order valence-electron chi connectivity index (χ0n) is 16.3. The number of hydrogen-bond donors (Lipinski definition) is 2. The van der Waals surface area contributed by atoms with Crippen LogP contribution in [0.5, 0.6) is 0 Å². The SMILES string of the molecule is Cc1cc(-n2ccc(-c3nccs3)n2)c(CCO)c(Nc2ccc(F)cc2[N+](=O)[O-])n1. The standard InChI is InChI=1S/C20H17FN6O3S/c1-12-10-17(26-7-4-16(25-26)20-22-6-9-31-20)14(5-8-28)19(23-12)24-15-3-2-13(21)11-18(15)27(29)30/h2-4,6-7,9-11,28H,5,8H2,1H3,(H,23,24). The van der Waals surface area contributed by atoms with Gasteiger partial charge in [-0.2, -0.15) is 5.10 Å². The van der Waals surface area contributed by atoms with Crippen molar-refractivity contribution in [3.8, 4) is 16.4 Å². The molecule has 0 aliphatic rings. The summed E-state index contributed by atoms with van der Waals surface area (Å²) >= 11 is 1.47. The van der Waals surface area contributed by atoms with Crippen molar-refractivity contribution in [2.75, 3.05) is 11.9 Å². The van der Waals surface area contributed by atoms with E-state index in [4.69, 9.17) is 0 Å². The molecular formula is C20H17FN6O3S. The van der Waals surface area contributed by atoms with E-state index >= 15 is 0 Å². The van der Waals surface area contributed by atoms with Crippen LogP contribution in [0, 0.1) is 22.9 Å². The van der Waals surface area contributed by atoms with Gasteiger partial charge in [-0.05, 0) is 31.2 Å². The molecule has 3 aromatic heterocycles. The van der Waals surface area contributed by atoms with Crippen molar-refractivity contribution in [2.24, 2.45) is 0 Å². The second kappa shape index (κ2) is 8.58. The Kier molecular flexibility index (Phi) is 5.69. The number of nitrogens with one attached hydrogen (secondary N) is 1. The highest BCUT2D eigenvalue weighted by Gasteiger charge is 2.20. The first-order chi connectivity index (χ1) is 15.0. The lowest BCUT2D eigenvalue weighted by Gasteiger charge is -2.16. The lowest BCUT2D eigenvalue weighted by Crippen LogP contribution is -2.10. The summed E-state index contributed by atoms with van der Waals surface area (Å²) in [6.45, 7) is 1.61. The number of thiazole rings is 1. The number of rotatable bonds is 7. The molecule has 0 aliphatic carbocycles. The largest absolute Gasteiger partial charge is 0.396 e. The molecule has 2 N–H and O–H groups in total. The predicted molar refractivity (Wildman–Crippen MR) is 114 cm³/mol. The van der Waals surface area contributed by atoms with Gasteiger partial charge >= 0.3 is 0 Å². The van der Waals surface area contributed by atoms with Crippen LogP contribution in [0.1, 0.15) is 11.3 Å². The summed E-state index contributed by atoms with van der Waals surface area (Å²) in [4.78, 5) is 19.4. The topological polar surface area (TPSA) is 119 Å². The molecule has 0 bridgehead atoms. The monoisotopic (exact) mass is 440 g/mol. The van der Waals surface area contributed by atoms with E-state index in [-0.39, 0.29) is 18.7 Å². The number of aromatic nitrogens is 4. The fourth-order valence-electron chi connectivity index (χ4n) is 3.16. The van der Waals surface area contributed by atoms with Crippen LogP contribution in [-0.4, -0.2) is 36.4 Å². The van der Waals surface area contributed by atoms with Crippen LogP contribution in [0.2, 0.25) is 0 Å². The molecule has 0 atom stereocenters. The molecular weight excluding hydrogens is 423 g/mol. The fourth-order valence-corrected chi connectivity index (χ4v) is 3.76. The second-order valence-electron chi connectivity index (χ2n) is 6.61. The van der Waals surface area contributed by atoms with E-state index in [1.807, 2.05) is 17.5 Å². The first-order valence-corrected chi connectivity index (χ1v) is 10.1. The number of nitro groups is 1. The Morgan fingerprint density at radius 2 is 2.16 bits per heavy atom. The number of aliphatic hydroxyl groups is 1. The van der Waals surface area contributed by atoms with Gasteiger partial charge in [0.25, 0.3) is 5.69 Å². The molecule has 11 heteroatoms. The lowest BCUT2D eigenvalue weighted by atomic mass is 10.1. The maximum Gasteiger partial charge on any atom is 0.295 e. The van der Waals surface area contributed by atoms with Crippen LogP contribution >= 0.6 is 11.3 Å². The first-order valence-electron chi connectivity index (χ1n) is 9.24. The number of halogens is 1. The number of benzene rings is 1. The van der Waals surface area contributed by atoms with Crippen LogP contribution in [-0.2, 0) is 6.42 Å². The van der Waals surface area contributed by atoms with E-state index in [9.17, 15) is 19.6 Å². The molecule has 0 radical (unpaired) electrons. The van der Waals surface area contributed by atoms with E-state index < -0.39 is 16.4 Å². The molecule has 0 saturated carbocycles. The van der Waals surface area contributed by atoms with Gasteiger partial charge in [0.05, 0.1) is 16.7 Å². The number of pyridine rings is 1. The highest BCUT2D eigenvalue weighted by atomic mass is 32.1. The summed E-state index contributed by atoms with van der Waals surface area (Å²) in [7, 11) is 0. The third kappa shape index (κ3) is 4.27. The molecule has 31 heavy (non-hydrogen) atoms. The summed E-state index contributed by atoms with van der Waals surface area (Å²) in [5.74, 6) is -0.387. The van der Waals surface area contributed by atoms with Gasteiger partial charge < -0.3 is 10.4 Å². The maximum absolute atomic E-state index is 13.5. The minimum atomic E-state index is -0.711. The van der Waals surface area contributed by atoms with Crippen LogP contribution in [0.25, 0.3) is 16.4 Å². The fraction of sp³-hybridized carbons (Fsp3) is 0.150. The quantitative estimate of drug-likeness (QED) is 0.329. The highest BCUT2D eigenvalue weighted by Crippen LogP contribution is 2.32. The average Bonchev–Trinajstić information content (AvgIpc) is 3.42. The highest BCUT2D eigenvalue weighted by molar-refractivity contribution is 7.13. The van der Waals surface area contributed by atoms with Crippen molar-refractivity contribution >= 4 is 28.5 Å². The van der Waals surface area contributed by atoms with Gasteiger partial charge in [-0.3, -0.25) is 10.1 Å². The minimum Gasteiger partial charge on any atom is -0.396 e. The molecule has 4 aromatic rings. The van der Waals surface area contributed by atoms with E-state index in [0.717, 1.165) is 17.1 Å². The molecule has 0 amide bonds. The molecule has 0 aliphatic heterocycles. The Hall–Kier alpha value is -3.70. The van der Waals surface area contributed by atoms with E-state index in [1.54, 1.807) is 24.0 Å². The molecule has 3 heterocycles. The Bertz CT molecular complexity index is 1240. The zero-order chi connectivity index (χ0) is 22.0. The second-order valence-corrected chi connectivity index (χ2v) is 7.50. The minimum absolute atomic E-state index is 0.0959. The maximum atomic E-state index is 13.5. The molecule has 4 rings (SSSR count). The van der Waals surface area contributed by atoms with Gasteiger partial charge in [0.1, 0.15) is 28.0 Å². The number of anilines is 2. The number of aryl methyl sites for hydroxylation is 1. The molecule has 1 aromatic carbocycles. The molecule has 0 fully saturated rings. The number of hydrogen-bond acceptors (Lipinski definition) is 8. The molecule has 158 valence electrons. The summed E-state index contributed by atoms with van der Waals surface area (Å²) in [6.07, 6.45) is 3.70. The summed E-state index contributed by atoms with van der Waals surface area (Å²) in [5.41, 5.74) is 2.29. The summed E-state index contributed by atoms with van der Waals surface area (Å²) in [6, 6.07) is 6.90. The average molecular weight is 440 g/mol. The Morgan fingerprint density at radius 3 is 2.87 bits per heavy atom. The van der Waals surface area contributed by atoms with Gasteiger partial charge in [-0.1, -0.05) is 0 Å². The van der Waals surface area contributed by atoms with Crippen molar-refractivity contribution in [2.45, 2.75) is 13.3 Å². The molecule has 0 saturated heterocycles. The van der Waals surface area contributed by atoms with E-state index in [0.29, 0.717) is 28.5 Å². The first kappa shape index (κ1) is 20.6. The lowest BCUT2D eigenvalue weighted by molar-refractivity contribution is -0.384. The van der Waals surface area contributed by atoms with Crippen LogP contribution in [0.15, 0.2) is 48.1 Å². The van der Waals surface area contributed by atoms with E-state index in [1.165, 1.54) is 17.4 Å². The third-order valence-electron chi connectivity index (χ3n) is 4.49. The van der Waals surface area contributed by atoms with Crippen molar-refractivity contribution in [1.82, 2.24) is 19.7 Å². The van der Waals surface area contributed by atoms with Gasteiger partial charge in [0, 0.05) is 42.1 Å². The number of nitro benzene ring substituents is 1. The van der Waals surface area contributed by atoms with Crippen LogP contribution in [0.3, 0.4) is 0 Å². The van der Waals surface area contributed by atoms with Crippen molar-refractivity contribution in [3.63, 3.8) is 0 Å². The summed E-state index contributed by atoms with van der Waals surface area (Å²) < 4.78 is 15.2. The van der Waals surface area contributed by atoms with Gasteiger partial charge in [-0.25, -0.2) is 19.0 Å². The van der Waals surface area contributed by atoms with Crippen molar-refractivity contribution in [1.29, 1.82) is 0 Å². The van der Waals surface area contributed by atoms with Gasteiger partial charge in [0.15, 0.2) is 0 Å². The van der Waals surface area contributed by atoms with Gasteiger partial charge in [0.2, 0.25) is 0 Å². The number of aliphatic hydroxyl groups excluding tert-OH is 1. The summed E-state index contributed by atoms with van der Waals surface area (Å²) in [5, 5.41) is 31.2. The van der Waals surface area contributed by atoms with Gasteiger partial charge in [-0.15, -0.1) is 11.3 Å². The van der Waals surface area contributed by atoms with Crippen LogP contribution < -0.4 is 5.32 Å². The third-order valence-corrected chi connectivity index (χ3v) is 5.28. The van der Waals surface area contributed by atoms with Crippen molar-refractivity contribution < 1.29 is 14.4 Å². The van der Waals surface area contributed by atoms with Crippen LogP contribution in [0.4, 0.5) is 21.6 Å². The van der Waals surface area contributed by atoms with E-state index in [2.05, 4.69) is 20.4 Å². The normalized spacial score (nSPS) is 10.9. The Morgan fingerprint density at radius 1 is 1.32 bits per heavy atom. The smallest absolute Gasteiger partial charge is 0.295 e. The van der Waals surface area contributed by atoms with Crippen molar-refractivity contribution in [3.05, 3.63) is 75.3 Å². The zero-order valence-corrected chi connectivity index (χ0v) is 17.1. The number of nitrogens with zero attached hydrogens (tertiary/aromatic N) is 5. The molecule has 9 nitrogen and oxygen atoms in total. The molecule has 0 unspecified atom stereocenters. The molecule has 0 spiro atoms. The Balaban J connectivity index is 1.80. The Labute approximate surface area is 180 Å². The predicted octanol–water partition coefficient (Wildman–Crippen LogP) is 4.02.